The Balaban J connectivity index is 2.78. The van der Waals surface area contributed by atoms with Crippen LogP contribution in [0.25, 0.3) is 0 Å². The van der Waals surface area contributed by atoms with Gasteiger partial charge in [0.05, 0.1) is 11.9 Å². The molecule has 0 spiro atoms. The van der Waals surface area contributed by atoms with Crippen molar-refractivity contribution in [2.24, 2.45) is 18.4 Å². The summed E-state index contributed by atoms with van der Waals surface area (Å²) in [6.07, 6.45) is 1.67. The van der Waals surface area contributed by atoms with Crippen LogP contribution in [0.1, 0.15) is 27.7 Å². The van der Waals surface area contributed by atoms with Crippen LogP contribution < -0.4 is 10.9 Å². The smallest absolute Gasteiger partial charge is 0.282 e. The van der Waals surface area contributed by atoms with Gasteiger partial charge in [0, 0.05) is 13.6 Å². The molecule has 0 aliphatic heterocycles. The van der Waals surface area contributed by atoms with Crippen molar-refractivity contribution in [1.82, 2.24) is 9.78 Å². The minimum atomic E-state index is -0.126. The van der Waals surface area contributed by atoms with Crippen LogP contribution in [-0.2, 0) is 7.05 Å². The third-order valence-corrected chi connectivity index (χ3v) is 3.92. The number of anilines is 1. The lowest BCUT2D eigenvalue weighted by molar-refractivity contribution is 0.274. The van der Waals surface area contributed by atoms with Crippen LogP contribution in [0, 0.1) is 11.3 Å². The molecule has 0 fully saturated rings. The zero-order chi connectivity index (χ0) is 13.2. The van der Waals surface area contributed by atoms with Gasteiger partial charge in [-0.05, 0) is 27.3 Å². The first kappa shape index (κ1) is 14.2. The molecular weight excluding hydrogens is 282 g/mol. The summed E-state index contributed by atoms with van der Waals surface area (Å²) in [7, 11) is 1.63. The van der Waals surface area contributed by atoms with E-state index in [4.69, 9.17) is 0 Å². The average Bonchev–Trinajstić information content (AvgIpc) is 2.23. The lowest BCUT2D eigenvalue weighted by Crippen LogP contribution is -2.26. The predicted octanol–water partition coefficient (Wildman–Crippen LogP) is 2.64. The summed E-state index contributed by atoms with van der Waals surface area (Å²) in [5, 5.41) is 7.26. The summed E-state index contributed by atoms with van der Waals surface area (Å²) in [5.74, 6) is 0.499. The molecule has 0 saturated carbocycles. The van der Waals surface area contributed by atoms with Crippen LogP contribution in [0.2, 0.25) is 0 Å². The molecule has 0 amide bonds. The van der Waals surface area contributed by atoms with Crippen LogP contribution in [-0.4, -0.2) is 16.3 Å². The predicted molar refractivity (Wildman–Crippen MR) is 74.3 cm³/mol. The maximum absolute atomic E-state index is 11.6. The number of aryl methyl sites for hydroxylation is 1. The van der Waals surface area contributed by atoms with Gasteiger partial charge < -0.3 is 5.32 Å². The molecule has 96 valence electrons. The van der Waals surface area contributed by atoms with Crippen molar-refractivity contribution in [2.75, 3.05) is 11.9 Å². The van der Waals surface area contributed by atoms with E-state index >= 15 is 0 Å². The van der Waals surface area contributed by atoms with E-state index in [1.165, 1.54) is 4.68 Å². The van der Waals surface area contributed by atoms with Crippen LogP contribution in [0.3, 0.4) is 0 Å². The molecular formula is C12H20BrN3O. The fourth-order valence-electron chi connectivity index (χ4n) is 1.20. The second kappa shape index (κ2) is 5.21. The molecule has 1 unspecified atom stereocenters. The third kappa shape index (κ3) is 3.56. The van der Waals surface area contributed by atoms with Gasteiger partial charge in [0.2, 0.25) is 0 Å². The lowest BCUT2D eigenvalue weighted by atomic mass is 9.82. The van der Waals surface area contributed by atoms with E-state index in [-0.39, 0.29) is 11.0 Å². The molecule has 5 heteroatoms. The number of halogens is 1. The first-order chi connectivity index (χ1) is 7.73. The van der Waals surface area contributed by atoms with Gasteiger partial charge in [0.15, 0.2) is 0 Å². The van der Waals surface area contributed by atoms with Crippen molar-refractivity contribution in [2.45, 2.75) is 27.7 Å². The second-order valence-electron chi connectivity index (χ2n) is 5.45. The monoisotopic (exact) mass is 301 g/mol. The highest BCUT2D eigenvalue weighted by Gasteiger charge is 2.20. The highest BCUT2D eigenvalue weighted by molar-refractivity contribution is 9.10. The Hall–Kier alpha value is -0.840. The van der Waals surface area contributed by atoms with E-state index in [2.05, 4.69) is 54.0 Å². The van der Waals surface area contributed by atoms with E-state index in [0.29, 0.717) is 10.4 Å². The molecule has 4 nitrogen and oxygen atoms in total. The topological polar surface area (TPSA) is 46.9 Å². The number of nitrogens with one attached hydrogen (secondary N) is 1. The summed E-state index contributed by atoms with van der Waals surface area (Å²) >= 11 is 3.30. The van der Waals surface area contributed by atoms with E-state index in [9.17, 15) is 4.79 Å². The van der Waals surface area contributed by atoms with E-state index in [1.807, 2.05) is 0 Å². The molecule has 1 aromatic heterocycles. The SMILES string of the molecule is CC(CNc1cnn(C)c(=O)c1Br)C(C)(C)C. The zero-order valence-electron chi connectivity index (χ0n) is 11.0. The molecule has 0 aromatic carbocycles. The van der Waals surface area contributed by atoms with Gasteiger partial charge in [-0.15, -0.1) is 0 Å². The van der Waals surface area contributed by atoms with Crippen LogP contribution in [0.5, 0.6) is 0 Å². The van der Waals surface area contributed by atoms with Crippen molar-refractivity contribution in [3.63, 3.8) is 0 Å². The Kier molecular flexibility index (Phi) is 4.36. The van der Waals surface area contributed by atoms with E-state index < -0.39 is 0 Å². The molecule has 1 rings (SSSR count). The molecule has 1 atom stereocenters. The van der Waals surface area contributed by atoms with Gasteiger partial charge in [-0.2, -0.15) is 5.10 Å². The van der Waals surface area contributed by atoms with Gasteiger partial charge >= 0.3 is 0 Å². The van der Waals surface area contributed by atoms with Gasteiger partial charge in [0.25, 0.3) is 5.56 Å². The minimum Gasteiger partial charge on any atom is -0.382 e. The number of hydrogen-bond donors (Lipinski definition) is 1. The number of aromatic nitrogens is 2. The van der Waals surface area contributed by atoms with Gasteiger partial charge in [-0.1, -0.05) is 27.7 Å². The van der Waals surface area contributed by atoms with Crippen LogP contribution in [0.4, 0.5) is 5.69 Å². The van der Waals surface area contributed by atoms with Crippen LogP contribution >= 0.6 is 15.9 Å². The lowest BCUT2D eigenvalue weighted by Gasteiger charge is -2.27. The molecule has 0 aliphatic carbocycles. The molecule has 0 saturated heterocycles. The molecule has 1 aromatic rings. The number of rotatable bonds is 3. The summed E-state index contributed by atoms with van der Waals surface area (Å²) in [6, 6.07) is 0. The molecule has 0 bridgehead atoms. The average molecular weight is 302 g/mol. The zero-order valence-corrected chi connectivity index (χ0v) is 12.6. The van der Waals surface area contributed by atoms with Crippen molar-refractivity contribution >= 4 is 21.6 Å². The first-order valence-corrected chi connectivity index (χ1v) is 6.48. The summed E-state index contributed by atoms with van der Waals surface area (Å²) < 4.78 is 1.85. The maximum atomic E-state index is 11.6. The fourth-order valence-corrected chi connectivity index (χ4v) is 1.70. The van der Waals surface area contributed by atoms with Gasteiger partial charge in [-0.25, -0.2) is 4.68 Å². The fraction of sp³-hybridized carbons (Fsp3) is 0.667. The summed E-state index contributed by atoms with van der Waals surface area (Å²) in [6.45, 7) is 9.62. The summed E-state index contributed by atoms with van der Waals surface area (Å²) in [4.78, 5) is 11.6. The highest BCUT2D eigenvalue weighted by atomic mass is 79.9. The van der Waals surface area contributed by atoms with E-state index in [0.717, 1.165) is 12.2 Å². The Bertz CT molecular complexity index is 448. The quantitative estimate of drug-likeness (QED) is 0.933. The second-order valence-corrected chi connectivity index (χ2v) is 6.24. The first-order valence-electron chi connectivity index (χ1n) is 5.69. The maximum Gasteiger partial charge on any atom is 0.282 e. The number of hydrogen-bond acceptors (Lipinski definition) is 3. The van der Waals surface area contributed by atoms with Gasteiger partial charge in [0.1, 0.15) is 4.47 Å². The van der Waals surface area contributed by atoms with Crippen LogP contribution in [0.15, 0.2) is 15.5 Å². The Morgan fingerprint density at radius 3 is 2.65 bits per heavy atom. The summed E-state index contributed by atoms with van der Waals surface area (Å²) in [5.41, 5.74) is 0.870. The number of nitrogens with zero attached hydrogens (tertiary/aromatic N) is 2. The third-order valence-electron chi connectivity index (χ3n) is 3.16. The van der Waals surface area contributed by atoms with Gasteiger partial charge in [-0.3, -0.25) is 4.79 Å². The Morgan fingerprint density at radius 2 is 2.12 bits per heavy atom. The Morgan fingerprint density at radius 1 is 1.53 bits per heavy atom. The largest absolute Gasteiger partial charge is 0.382 e. The van der Waals surface area contributed by atoms with Crippen molar-refractivity contribution in [3.8, 4) is 0 Å². The van der Waals surface area contributed by atoms with E-state index in [1.54, 1.807) is 13.2 Å². The molecule has 1 N–H and O–H groups in total. The molecule has 17 heavy (non-hydrogen) atoms. The normalized spacial score (nSPS) is 13.5. The van der Waals surface area contributed by atoms with Crippen molar-refractivity contribution < 1.29 is 0 Å². The molecule has 0 aliphatic rings. The molecule has 0 radical (unpaired) electrons. The van der Waals surface area contributed by atoms with Crippen molar-refractivity contribution in [3.05, 3.63) is 21.0 Å². The Labute approximate surface area is 111 Å². The standard InChI is InChI=1S/C12H20BrN3O/c1-8(12(2,3)4)6-14-9-7-15-16(5)11(17)10(9)13/h7-8,14H,6H2,1-5H3. The minimum absolute atomic E-state index is 0.126. The highest BCUT2D eigenvalue weighted by Crippen LogP contribution is 2.26. The van der Waals surface area contributed by atoms with Crippen molar-refractivity contribution in [1.29, 1.82) is 0 Å². The molecule has 1 heterocycles.